The van der Waals surface area contributed by atoms with Crippen LogP contribution in [0.1, 0.15) is 24.8 Å². The van der Waals surface area contributed by atoms with Gasteiger partial charge in [-0.05, 0) is 43.5 Å². The lowest BCUT2D eigenvalue weighted by atomic mass is 9.95. The van der Waals surface area contributed by atoms with Crippen molar-refractivity contribution in [2.45, 2.75) is 19.3 Å². The zero-order valence-corrected chi connectivity index (χ0v) is 12.1. The summed E-state index contributed by atoms with van der Waals surface area (Å²) in [4.78, 5) is 12.3. The number of nitrogens with zero attached hydrogens (tertiary/aromatic N) is 1. The number of halogens is 1. The summed E-state index contributed by atoms with van der Waals surface area (Å²) in [6.07, 6.45) is 2.94. The molecule has 0 heterocycles. The minimum absolute atomic E-state index is 0.0254. The molecule has 0 spiro atoms. The van der Waals surface area contributed by atoms with E-state index in [1.165, 1.54) is 0 Å². The normalized spacial score (nSPS) is 21.9. The Hall–Kier alpha value is -1.38. The highest BCUT2D eigenvalue weighted by atomic mass is 79.9. The first-order valence-electron chi connectivity index (χ1n) is 6.36. The monoisotopic (exact) mass is 321 g/mol. The molecule has 0 aromatic heterocycles. The van der Waals surface area contributed by atoms with Crippen LogP contribution in [0.25, 0.3) is 0 Å². The van der Waals surface area contributed by atoms with E-state index in [1.807, 2.05) is 0 Å². The van der Waals surface area contributed by atoms with Crippen LogP contribution in [0.2, 0.25) is 0 Å². The number of rotatable bonds is 3. The zero-order chi connectivity index (χ0) is 13.8. The van der Waals surface area contributed by atoms with Crippen molar-refractivity contribution in [1.82, 2.24) is 0 Å². The molecule has 19 heavy (non-hydrogen) atoms. The molecule has 1 aliphatic carbocycles. The third-order valence-corrected chi connectivity index (χ3v) is 4.15. The van der Waals surface area contributed by atoms with Gasteiger partial charge >= 0.3 is 0 Å². The Morgan fingerprint density at radius 2 is 2.32 bits per heavy atom. The van der Waals surface area contributed by atoms with Crippen LogP contribution in [0.4, 0.5) is 5.69 Å². The van der Waals surface area contributed by atoms with Crippen molar-refractivity contribution >= 4 is 27.5 Å². The fraction of sp³-hybridized carbons (Fsp3) is 0.429. The van der Waals surface area contributed by atoms with Gasteiger partial charge in [-0.1, -0.05) is 22.4 Å². The number of nitrogens with two attached hydrogens (primary N) is 1. The molecule has 1 amide bonds. The summed E-state index contributed by atoms with van der Waals surface area (Å²) in [6.45, 7) is 0.543. The van der Waals surface area contributed by atoms with Gasteiger partial charge in [-0.2, -0.15) is 5.26 Å². The van der Waals surface area contributed by atoms with E-state index in [1.54, 1.807) is 18.2 Å². The molecule has 4 nitrogen and oxygen atoms in total. The second-order valence-corrected chi connectivity index (χ2v) is 5.74. The Bertz CT molecular complexity index is 524. The van der Waals surface area contributed by atoms with E-state index in [2.05, 4.69) is 27.3 Å². The first-order valence-corrected chi connectivity index (χ1v) is 7.15. The molecule has 100 valence electrons. The van der Waals surface area contributed by atoms with Gasteiger partial charge in [0.05, 0.1) is 11.3 Å². The van der Waals surface area contributed by atoms with E-state index in [0.29, 0.717) is 17.8 Å². The fourth-order valence-corrected chi connectivity index (χ4v) is 2.97. The van der Waals surface area contributed by atoms with Crippen LogP contribution in [0.5, 0.6) is 0 Å². The molecule has 1 aliphatic rings. The van der Waals surface area contributed by atoms with Crippen LogP contribution in [0.3, 0.4) is 0 Å². The van der Waals surface area contributed by atoms with Crippen LogP contribution >= 0.6 is 15.9 Å². The topological polar surface area (TPSA) is 78.9 Å². The molecule has 0 aliphatic heterocycles. The van der Waals surface area contributed by atoms with Crippen molar-refractivity contribution in [2.75, 3.05) is 11.9 Å². The average molecular weight is 322 g/mol. The first kappa shape index (κ1) is 14.0. The van der Waals surface area contributed by atoms with E-state index in [0.717, 1.165) is 23.7 Å². The smallest absolute Gasteiger partial charge is 0.227 e. The zero-order valence-electron chi connectivity index (χ0n) is 10.5. The molecule has 1 aromatic carbocycles. The van der Waals surface area contributed by atoms with Gasteiger partial charge in [0.15, 0.2) is 0 Å². The molecule has 1 aromatic rings. The lowest BCUT2D eigenvalue weighted by Gasteiger charge is -2.18. The molecule has 0 saturated heterocycles. The van der Waals surface area contributed by atoms with Crippen LogP contribution in [0.15, 0.2) is 22.7 Å². The number of benzene rings is 1. The number of hydrogen-bond donors (Lipinski definition) is 2. The summed E-state index contributed by atoms with van der Waals surface area (Å²) in [7, 11) is 0. The second-order valence-electron chi connectivity index (χ2n) is 4.82. The average Bonchev–Trinajstić information content (AvgIpc) is 2.87. The van der Waals surface area contributed by atoms with Gasteiger partial charge in [0.25, 0.3) is 0 Å². The van der Waals surface area contributed by atoms with Crippen molar-refractivity contribution in [1.29, 1.82) is 5.26 Å². The first-order chi connectivity index (χ1) is 9.15. The number of nitriles is 1. The van der Waals surface area contributed by atoms with Gasteiger partial charge in [-0.3, -0.25) is 4.79 Å². The highest BCUT2D eigenvalue weighted by Gasteiger charge is 2.32. The molecular weight excluding hydrogens is 306 g/mol. The van der Waals surface area contributed by atoms with Crippen molar-refractivity contribution in [3.05, 3.63) is 28.2 Å². The maximum Gasteiger partial charge on any atom is 0.227 e. The summed E-state index contributed by atoms with van der Waals surface area (Å²) >= 11 is 3.34. The molecule has 0 radical (unpaired) electrons. The van der Waals surface area contributed by atoms with E-state index in [9.17, 15) is 4.79 Å². The Kier molecular flexibility index (Phi) is 4.56. The molecule has 2 rings (SSSR count). The Morgan fingerprint density at radius 1 is 1.53 bits per heavy atom. The predicted molar refractivity (Wildman–Crippen MR) is 77.4 cm³/mol. The summed E-state index contributed by atoms with van der Waals surface area (Å²) in [5, 5.41) is 11.9. The predicted octanol–water partition coefficient (Wildman–Crippen LogP) is 2.63. The number of carbonyl (C=O) groups excluding carboxylic acids is 1. The summed E-state index contributed by atoms with van der Waals surface area (Å²) in [5.41, 5.74) is 6.73. The lowest BCUT2D eigenvalue weighted by molar-refractivity contribution is -0.120. The third kappa shape index (κ3) is 3.14. The van der Waals surface area contributed by atoms with Crippen LogP contribution < -0.4 is 11.1 Å². The largest absolute Gasteiger partial charge is 0.330 e. The molecule has 2 atom stereocenters. The van der Waals surface area contributed by atoms with Gasteiger partial charge in [0.2, 0.25) is 5.91 Å². The number of nitrogens with one attached hydrogen (secondary N) is 1. The van der Waals surface area contributed by atoms with E-state index >= 15 is 0 Å². The van der Waals surface area contributed by atoms with Gasteiger partial charge in [0, 0.05) is 10.4 Å². The molecule has 1 saturated carbocycles. The van der Waals surface area contributed by atoms with Crippen molar-refractivity contribution in [2.24, 2.45) is 17.6 Å². The fourth-order valence-electron chi connectivity index (χ4n) is 2.61. The number of anilines is 1. The second kappa shape index (κ2) is 6.18. The Balaban J connectivity index is 2.15. The molecule has 2 unspecified atom stereocenters. The number of carbonyl (C=O) groups is 1. The minimum atomic E-state index is -0.0319. The molecule has 5 heteroatoms. The highest BCUT2D eigenvalue weighted by Crippen LogP contribution is 2.32. The van der Waals surface area contributed by atoms with Gasteiger partial charge in [0.1, 0.15) is 6.07 Å². The highest BCUT2D eigenvalue weighted by molar-refractivity contribution is 9.10. The standard InChI is InChI=1S/C14H16BrN3O/c15-11-5-4-10(8-17)13(6-11)18-14(19)12-3-1-2-9(12)7-16/h4-6,9,12H,1-3,7,16H2,(H,18,19). The SMILES string of the molecule is N#Cc1ccc(Br)cc1NC(=O)C1CCCC1CN. The van der Waals surface area contributed by atoms with Gasteiger partial charge in [-0.25, -0.2) is 0 Å². The van der Waals surface area contributed by atoms with E-state index in [-0.39, 0.29) is 17.7 Å². The summed E-state index contributed by atoms with van der Waals surface area (Å²) < 4.78 is 0.837. The van der Waals surface area contributed by atoms with E-state index in [4.69, 9.17) is 11.0 Å². The Labute approximate surface area is 121 Å². The Morgan fingerprint density at radius 3 is 3.00 bits per heavy atom. The molecule has 0 bridgehead atoms. The van der Waals surface area contributed by atoms with Crippen molar-refractivity contribution in [3.63, 3.8) is 0 Å². The maximum absolute atomic E-state index is 12.3. The quantitative estimate of drug-likeness (QED) is 0.898. The third-order valence-electron chi connectivity index (χ3n) is 3.66. The number of hydrogen-bond acceptors (Lipinski definition) is 3. The van der Waals surface area contributed by atoms with Crippen LogP contribution in [-0.4, -0.2) is 12.5 Å². The van der Waals surface area contributed by atoms with Gasteiger partial charge in [-0.15, -0.1) is 0 Å². The van der Waals surface area contributed by atoms with Crippen molar-refractivity contribution < 1.29 is 4.79 Å². The van der Waals surface area contributed by atoms with Crippen LogP contribution in [0, 0.1) is 23.2 Å². The molecule has 3 N–H and O–H groups in total. The van der Waals surface area contributed by atoms with Gasteiger partial charge < -0.3 is 11.1 Å². The van der Waals surface area contributed by atoms with Crippen LogP contribution in [-0.2, 0) is 4.79 Å². The summed E-state index contributed by atoms with van der Waals surface area (Å²) in [5.74, 6) is 0.204. The minimum Gasteiger partial charge on any atom is -0.330 e. The lowest BCUT2D eigenvalue weighted by Crippen LogP contribution is -2.30. The molecular formula is C14H16BrN3O. The maximum atomic E-state index is 12.3. The summed E-state index contributed by atoms with van der Waals surface area (Å²) in [6, 6.07) is 7.31. The number of amides is 1. The van der Waals surface area contributed by atoms with Crippen molar-refractivity contribution in [3.8, 4) is 6.07 Å². The van der Waals surface area contributed by atoms with E-state index < -0.39 is 0 Å². The molecule has 1 fully saturated rings.